The molecule has 0 spiro atoms. The van der Waals surface area contributed by atoms with Gasteiger partial charge >= 0.3 is 0 Å². The van der Waals surface area contributed by atoms with E-state index in [-0.39, 0.29) is 13.1 Å². The molecule has 1 heterocycles. The van der Waals surface area contributed by atoms with Gasteiger partial charge in [-0.25, -0.2) is 8.78 Å². The van der Waals surface area contributed by atoms with Crippen LogP contribution in [-0.4, -0.2) is 25.4 Å². The highest BCUT2D eigenvalue weighted by Crippen LogP contribution is 2.12. The molecule has 0 aromatic carbocycles. The number of halogens is 2. The van der Waals surface area contributed by atoms with Gasteiger partial charge in [0.05, 0.1) is 12.9 Å². The Balaban J connectivity index is 2.50. The summed E-state index contributed by atoms with van der Waals surface area (Å²) in [5, 5.41) is 2.33. The summed E-state index contributed by atoms with van der Waals surface area (Å²) < 4.78 is 24.1. The fraction of sp³-hybridized carbons (Fsp3) is 0.750. The lowest BCUT2D eigenvalue weighted by Crippen LogP contribution is -2.38. The molecule has 0 unspecified atom stereocenters. The van der Waals surface area contributed by atoms with E-state index in [4.69, 9.17) is 0 Å². The maximum absolute atomic E-state index is 12.0. The maximum atomic E-state index is 12.0. The van der Waals surface area contributed by atoms with Gasteiger partial charge in [0.15, 0.2) is 0 Å². The van der Waals surface area contributed by atoms with Crippen LogP contribution in [0.2, 0.25) is 0 Å². The van der Waals surface area contributed by atoms with Gasteiger partial charge in [-0.3, -0.25) is 4.99 Å². The highest BCUT2D eigenvalue weighted by atomic mass is 19.3. The first-order chi connectivity index (χ1) is 3.71. The molecule has 1 rings (SSSR count). The lowest BCUT2D eigenvalue weighted by molar-refractivity contribution is 0.0134. The van der Waals surface area contributed by atoms with E-state index >= 15 is 0 Å². The van der Waals surface area contributed by atoms with Gasteiger partial charge in [0.1, 0.15) is 6.54 Å². The smallest absolute Gasteiger partial charge is 0.284 e. The van der Waals surface area contributed by atoms with Crippen LogP contribution in [0.15, 0.2) is 4.99 Å². The number of hydrogen-bond acceptors (Lipinski definition) is 2. The third-order valence-electron chi connectivity index (χ3n) is 0.866. The molecule has 0 aromatic heterocycles. The Morgan fingerprint density at radius 3 is 2.62 bits per heavy atom. The Morgan fingerprint density at radius 2 is 2.38 bits per heavy atom. The van der Waals surface area contributed by atoms with Crippen molar-refractivity contribution in [2.24, 2.45) is 4.99 Å². The van der Waals surface area contributed by atoms with Gasteiger partial charge in [-0.05, 0) is 0 Å². The molecular formula is C4H6F2N2. The summed E-state index contributed by atoms with van der Waals surface area (Å²) >= 11 is 0. The molecule has 1 aliphatic rings. The second-order valence-corrected chi connectivity index (χ2v) is 1.71. The Morgan fingerprint density at radius 1 is 1.62 bits per heavy atom. The summed E-state index contributed by atoms with van der Waals surface area (Å²) in [5.41, 5.74) is 0. The molecule has 0 bridgehead atoms. The summed E-state index contributed by atoms with van der Waals surface area (Å²) in [6.45, 7) is -0.656. The van der Waals surface area contributed by atoms with E-state index in [0.29, 0.717) is 0 Å². The Kier molecular flexibility index (Phi) is 1.15. The molecule has 4 heteroatoms. The van der Waals surface area contributed by atoms with Crippen molar-refractivity contribution in [2.45, 2.75) is 5.92 Å². The van der Waals surface area contributed by atoms with E-state index in [0.717, 1.165) is 0 Å². The van der Waals surface area contributed by atoms with Crippen LogP contribution in [0.5, 0.6) is 0 Å². The van der Waals surface area contributed by atoms with Gasteiger partial charge in [-0.15, -0.1) is 0 Å². The maximum Gasteiger partial charge on any atom is 0.284 e. The van der Waals surface area contributed by atoms with Crippen LogP contribution in [0, 0.1) is 0 Å². The molecule has 0 fully saturated rings. The molecule has 0 amide bonds. The summed E-state index contributed by atoms with van der Waals surface area (Å²) in [5.74, 6) is -2.63. The standard InChI is InChI=1S/C4H6F2N2/c5-4(6)1-7-3-8-2-4/h3H,1-2H2,(H,7,8). The highest BCUT2D eigenvalue weighted by Gasteiger charge is 2.29. The number of nitrogens with zero attached hydrogens (tertiary/aromatic N) is 1. The molecule has 0 atom stereocenters. The zero-order valence-corrected chi connectivity index (χ0v) is 4.19. The quantitative estimate of drug-likeness (QED) is 0.487. The largest absolute Gasteiger partial charge is 0.370 e. The number of hydrogen-bond donors (Lipinski definition) is 1. The number of aliphatic imine (C=N–C) groups is 1. The first-order valence-electron chi connectivity index (χ1n) is 2.30. The van der Waals surface area contributed by atoms with Crippen molar-refractivity contribution >= 4 is 6.34 Å². The Bertz CT molecular complexity index is 111. The third kappa shape index (κ3) is 1.15. The first-order valence-corrected chi connectivity index (χ1v) is 2.30. The van der Waals surface area contributed by atoms with Crippen molar-refractivity contribution in [3.8, 4) is 0 Å². The number of rotatable bonds is 0. The lowest BCUT2D eigenvalue weighted by atomic mass is 10.3. The minimum Gasteiger partial charge on any atom is -0.370 e. The van der Waals surface area contributed by atoms with Crippen molar-refractivity contribution in [2.75, 3.05) is 13.1 Å². The zero-order valence-electron chi connectivity index (χ0n) is 4.19. The average Bonchev–Trinajstić information content (AvgIpc) is 1.65. The molecule has 8 heavy (non-hydrogen) atoms. The third-order valence-corrected chi connectivity index (χ3v) is 0.866. The molecule has 1 N–H and O–H groups in total. The summed E-state index contributed by atoms with van der Waals surface area (Å²) in [6.07, 6.45) is 1.30. The topological polar surface area (TPSA) is 24.4 Å². The van der Waals surface area contributed by atoms with Crippen molar-refractivity contribution in [1.82, 2.24) is 5.32 Å². The Labute approximate surface area is 45.6 Å². The molecule has 0 radical (unpaired) electrons. The molecule has 1 aliphatic heterocycles. The van der Waals surface area contributed by atoms with Crippen LogP contribution >= 0.6 is 0 Å². The van der Waals surface area contributed by atoms with Gasteiger partial charge in [0, 0.05) is 0 Å². The van der Waals surface area contributed by atoms with Crippen LogP contribution < -0.4 is 5.32 Å². The Hall–Kier alpha value is -0.670. The van der Waals surface area contributed by atoms with Crippen LogP contribution in [-0.2, 0) is 0 Å². The van der Waals surface area contributed by atoms with Crippen molar-refractivity contribution in [3.63, 3.8) is 0 Å². The van der Waals surface area contributed by atoms with Crippen LogP contribution in [0.3, 0.4) is 0 Å². The SMILES string of the molecule is FC1(F)CN=CNC1. The van der Waals surface area contributed by atoms with Gasteiger partial charge < -0.3 is 5.32 Å². The van der Waals surface area contributed by atoms with E-state index < -0.39 is 5.92 Å². The van der Waals surface area contributed by atoms with E-state index in [2.05, 4.69) is 10.3 Å². The molecular weight excluding hydrogens is 114 g/mol. The highest BCUT2D eigenvalue weighted by molar-refractivity contribution is 5.55. The summed E-state index contributed by atoms with van der Waals surface area (Å²) in [7, 11) is 0. The fourth-order valence-corrected chi connectivity index (χ4v) is 0.495. The summed E-state index contributed by atoms with van der Waals surface area (Å²) in [6, 6.07) is 0. The second kappa shape index (κ2) is 1.69. The molecule has 0 saturated heterocycles. The van der Waals surface area contributed by atoms with E-state index in [1.165, 1.54) is 6.34 Å². The summed E-state index contributed by atoms with van der Waals surface area (Å²) in [4.78, 5) is 3.34. The van der Waals surface area contributed by atoms with E-state index in [9.17, 15) is 8.78 Å². The van der Waals surface area contributed by atoms with Crippen molar-refractivity contribution < 1.29 is 8.78 Å². The number of nitrogens with one attached hydrogen (secondary N) is 1. The fourth-order valence-electron chi connectivity index (χ4n) is 0.495. The van der Waals surface area contributed by atoms with Crippen molar-refractivity contribution in [1.29, 1.82) is 0 Å². The number of alkyl halides is 2. The van der Waals surface area contributed by atoms with Crippen LogP contribution in [0.4, 0.5) is 8.78 Å². The minimum atomic E-state index is -2.63. The predicted molar refractivity (Wildman–Crippen MR) is 26.3 cm³/mol. The van der Waals surface area contributed by atoms with E-state index in [1.807, 2.05) is 0 Å². The van der Waals surface area contributed by atoms with Gasteiger partial charge in [-0.2, -0.15) is 0 Å². The van der Waals surface area contributed by atoms with Crippen molar-refractivity contribution in [3.05, 3.63) is 0 Å². The molecule has 46 valence electrons. The van der Waals surface area contributed by atoms with E-state index in [1.54, 1.807) is 0 Å². The van der Waals surface area contributed by atoms with Crippen LogP contribution in [0.25, 0.3) is 0 Å². The monoisotopic (exact) mass is 120 g/mol. The van der Waals surface area contributed by atoms with Gasteiger partial charge in [0.25, 0.3) is 5.92 Å². The first kappa shape index (κ1) is 5.47. The zero-order chi connectivity index (χ0) is 6.04. The van der Waals surface area contributed by atoms with Gasteiger partial charge in [-0.1, -0.05) is 0 Å². The molecule has 0 saturated carbocycles. The molecule has 0 aliphatic carbocycles. The minimum absolute atomic E-state index is 0.281. The van der Waals surface area contributed by atoms with Gasteiger partial charge in [0.2, 0.25) is 0 Å². The van der Waals surface area contributed by atoms with Crippen LogP contribution in [0.1, 0.15) is 0 Å². The lowest BCUT2D eigenvalue weighted by Gasteiger charge is -2.16. The molecule has 0 aromatic rings. The normalized spacial score (nSPS) is 24.8. The molecule has 2 nitrogen and oxygen atoms in total. The average molecular weight is 120 g/mol. The second-order valence-electron chi connectivity index (χ2n) is 1.71. The predicted octanol–water partition coefficient (Wildman–Crippen LogP) is 0.253.